The number of aryl methyl sites for hydroxylation is 2. The minimum Gasteiger partial charge on any atom is -0.378 e. The molecule has 0 saturated heterocycles. The molecular weight excluding hydrogens is 192 g/mol. The first-order valence-corrected chi connectivity index (χ1v) is 5.76. The monoisotopic (exact) mass is 210 g/mol. The molecule has 1 aromatic heterocycles. The maximum absolute atomic E-state index is 5.81. The number of hydrogen-bond donors (Lipinski definition) is 0. The number of rotatable bonds is 4. The zero-order valence-corrected chi connectivity index (χ0v) is 9.22. The second kappa shape index (κ2) is 5.21. The molecule has 2 heterocycles. The maximum atomic E-state index is 5.81. The van der Waals surface area contributed by atoms with Gasteiger partial charge in [0.2, 0.25) is 0 Å². The zero-order chi connectivity index (χ0) is 10.5. The first kappa shape index (κ1) is 10.5. The number of unbranched alkanes of at least 4 members (excludes halogenated alkanes) is 1. The van der Waals surface area contributed by atoms with Gasteiger partial charge in [-0.1, -0.05) is 13.3 Å². The second-order valence-corrected chi connectivity index (χ2v) is 3.99. The molecule has 1 aliphatic heterocycles. The molecule has 5 nitrogen and oxygen atoms in total. The van der Waals surface area contributed by atoms with Crippen LogP contribution in [0.4, 0.5) is 0 Å². The molecule has 0 aliphatic carbocycles. The number of nitrogens with zero attached hydrogens (tertiary/aromatic N) is 4. The standard InChI is InChI=1S/C10H18N4O/c1-2-3-8-15-9-4-5-10-11-12-13-14(10)7-6-9/h9H,2-8H2,1H3. The van der Waals surface area contributed by atoms with E-state index >= 15 is 0 Å². The van der Waals surface area contributed by atoms with E-state index in [4.69, 9.17) is 4.74 Å². The van der Waals surface area contributed by atoms with E-state index in [-0.39, 0.29) is 0 Å². The molecule has 0 bridgehead atoms. The Morgan fingerprint density at radius 2 is 2.40 bits per heavy atom. The summed E-state index contributed by atoms with van der Waals surface area (Å²) in [6, 6.07) is 0. The van der Waals surface area contributed by atoms with Crippen LogP contribution in [0, 0.1) is 0 Å². The summed E-state index contributed by atoms with van der Waals surface area (Å²) in [7, 11) is 0. The highest BCUT2D eigenvalue weighted by atomic mass is 16.5. The van der Waals surface area contributed by atoms with Crippen molar-refractivity contribution in [3.05, 3.63) is 5.82 Å². The van der Waals surface area contributed by atoms with Gasteiger partial charge >= 0.3 is 0 Å². The van der Waals surface area contributed by atoms with Gasteiger partial charge in [0.05, 0.1) is 6.10 Å². The summed E-state index contributed by atoms with van der Waals surface area (Å²) in [5.74, 6) is 0.997. The van der Waals surface area contributed by atoms with Gasteiger partial charge in [-0.2, -0.15) is 0 Å². The third-order valence-corrected chi connectivity index (χ3v) is 2.81. The summed E-state index contributed by atoms with van der Waals surface area (Å²) in [4.78, 5) is 0. The van der Waals surface area contributed by atoms with Crippen molar-refractivity contribution in [2.45, 2.75) is 51.7 Å². The van der Waals surface area contributed by atoms with Crippen LogP contribution in [0.1, 0.15) is 38.4 Å². The van der Waals surface area contributed by atoms with E-state index in [1.165, 1.54) is 6.42 Å². The van der Waals surface area contributed by atoms with E-state index < -0.39 is 0 Å². The molecule has 1 atom stereocenters. The van der Waals surface area contributed by atoms with Crippen LogP contribution in [0.25, 0.3) is 0 Å². The lowest BCUT2D eigenvalue weighted by Crippen LogP contribution is -2.14. The molecular formula is C10H18N4O. The molecule has 0 radical (unpaired) electrons. The van der Waals surface area contributed by atoms with Crippen molar-refractivity contribution < 1.29 is 4.74 Å². The summed E-state index contributed by atoms with van der Waals surface area (Å²) in [5, 5.41) is 11.6. The molecule has 15 heavy (non-hydrogen) atoms. The number of hydrogen-bond acceptors (Lipinski definition) is 4. The lowest BCUT2D eigenvalue weighted by atomic mass is 10.1. The molecule has 0 fully saturated rings. The van der Waals surface area contributed by atoms with Gasteiger partial charge in [0.1, 0.15) is 0 Å². The highest BCUT2D eigenvalue weighted by Gasteiger charge is 2.17. The summed E-state index contributed by atoms with van der Waals surface area (Å²) >= 11 is 0. The Balaban J connectivity index is 1.80. The quantitative estimate of drug-likeness (QED) is 0.701. The van der Waals surface area contributed by atoms with Gasteiger partial charge in [-0.05, 0) is 29.7 Å². The summed E-state index contributed by atoms with van der Waals surface area (Å²) in [6.45, 7) is 3.95. The SMILES string of the molecule is CCCCOC1CCc2nnnn2CC1. The van der Waals surface area contributed by atoms with Crippen LogP contribution in [0.2, 0.25) is 0 Å². The largest absolute Gasteiger partial charge is 0.378 e. The second-order valence-electron chi connectivity index (χ2n) is 3.99. The van der Waals surface area contributed by atoms with Crippen LogP contribution in [0.5, 0.6) is 0 Å². The number of aromatic nitrogens is 4. The molecule has 0 aromatic carbocycles. The van der Waals surface area contributed by atoms with Gasteiger partial charge in [0.15, 0.2) is 5.82 Å². The molecule has 0 saturated carbocycles. The summed E-state index contributed by atoms with van der Waals surface area (Å²) in [5.41, 5.74) is 0. The molecule has 1 aromatic rings. The number of ether oxygens (including phenoxy) is 1. The van der Waals surface area contributed by atoms with Crippen molar-refractivity contribution in [1.29, 1.82) is 0 Å². The van der Waals surface area contributed by atoms with E-state index in [0.29, 0.717) is 6.10 Å². The Morgan fingerprint density at radius 1 is 1.47 bits per heavy atom. The van der Waals surface area contributed by atoms with Gasteiger partial charge in [-0.25, -0.2) is 4.68 Å². The third kappa shape index (κ3) is 2.75. The normalized spacial score (nSPS) is 21.0. The molecule has 0 N–H and O–H groups in total. The molecule has 0 spiro atoms. The Labute approximate surface area is 89.8 Å². The fraction of sp³-hybridized carbons (Fsp3) is 0.900. The Kier molecular flexibility index (Phi) is 3.66. The van der Waals surface area contributed by atoms with E-state index in [0.717, 1.165) is 44.7 Å². The van der Waals surface area contributed by atoms with E-state index in [1.54, 1.807) is 0 Å². The molecule has 2 rings (SSSR count). The van der Waals surface area contributed by atoms with Gasteiger partial charge < -0.3 is 4.74 Å². The molecule has 5 heteroatoms. The Bertz CT molecular complexity index is 277. The fourth-order valence-corrected chi connectivity index (χ4v) is 1.84. The minimum absolute atomic E-state index is 0.375. The third-order valence-electron chi connectivity index (χ3n) is 2.81. The van der Waals surface area contributed by atoms with Crippen LogP contribution < -0.4 is 0 Å². The number of fused-ring (bicyclic) bond motifs is 1. The van der Waals surface area contributed by atoms with Gasteiger partial charge in [0, 0.05) is 19.6 Å². The molecule has 1 unspecified atom stereocenters. The van der Waals surface area contributed by atoms with E-state index in [1.807, 2.05) is 4.68 Å². The average molecular weight is 210 g/mol. The van der Waals surface area contributed by atoms with E-state index in [9.17, 15) is 0 Å². The maximum Gasteiger partial charge on any atom is 0.151 e. The van der Waals surface area contributed by atoms with Crippen LogP contribution in [0.3, 0.4) is 0 Å². The smallest absolute Gasteiger partial charge is 0.151 e. The van der Waals surface area contributed by atoms with Gasteiger partial charge in [-0.15, -0.1) is 5.10 Å². The molecule has 1 aliphatic rings. The van der Waals surface area contributed by atoms with Crippen LogP contribution >= 0.6 is 0 Å². The van der Waals surface area contributed by atoms with Crippen LogP contribution in [0.15, 0.2) is 0 Å². The molecule has 84 valence electrons. The predicted octanol–water partition coefficient (Wildman–Crippen LogP) is 1.19. The predicted molar refractivity (Wildman–Crippen MR) is 55.4 cm³/mol. The first-order chi connectivity index (χ1) is 7.40. The van der Waals surface area contributed by atoms with Gasteiger partial charge in [0.25, 0.3) is 0 Å². The highest BCUT2D eigenvalue weighted by molar-refractivity contribution is 4.85. The Morgan fingerprint density at radius 3 is 3.27 bits per heavy atom. The van der Waals surface area contributed by atoms with Crippen molar-refractivity contribution >= 4 is 0 Å². The zero-order valence-electron chi connectivity index (χ0n) is 9.22. The van der Waals surface area contributed by atoms with Crippen molar-refractivity contribution in [2.24, 2.45) is 0 Å². The Hall–Kier alpha value is -0.970. The fourth-order valence-electron chi connectivity index (χ4n) is 1.84. The summed E-state index contributed by atoms with van der Waals surface area (Å²) in [6.07, 6.45) is 5.73. The van der Waals surface area contributed by atoms with Crippen molar-refractivity contribution in [3.63, 3.8) is 0 Å². The van der Waals surface area contributed by atoms with Crippen molar-refractivity contribution in [1.82, 2.24) is 20.2 Å². The molecule has 0 amide bonds. The van der Waals surface area contributed by atoms with E-state index in [2.05, 4.69) is 22.4 Å². The van der Waals surface area contributed by atoms with Crippen molar-refractivity contribution in [2.75, 3.05) is 6.61 Å². The lowest BCUT2D eigenvalue weighted by molar-refractivity contribution is 0.0399. The number of tetrazole rings is 1. The first-order valence-electron chi connectivity index (χ1n) is 5.76. The van der Waals surface area contributed by atoms with Crippen LogP contribution in [-0.2, 0) is 17.7 Å². The van der Waals surface area contributed by atoms with Crippen LogP contribution in [-0.4, -0.2) is 32.9 Å². The topological polar surface area (TPSA) is 52.8 Å². The minimum atomic E-state index is 0.375. The van der Waals surface area contributed by atoms with Gasteiger partial charge in [-0.3, -0.25) is 0 Å². The lowest BCUT2D eigenvalue weighted by Gasteiger charge is -2.14. The average Bonchev–Trinajstić information content (AvgIpc) is 2.61. The highest BCUT2D eigenvalue weighted by Crippen LogP contribution is 2.14. The summed E-state index contributed by atoms with van der Waals surface area (Å²) < 4.78 is 7.71. The van der Waals surface area contributed by atoms with Crippen molar-refractivity contribution in [3.8, 4) is 0 Å².